The molecule has 26 heavy (non-hydrogen) atoms. The number of hydrogen-bond donors (Lipinski definition) is 1. The molecule has 7 heteroatoms. The number of hydrogen-bond acceptors (Lipinski definition) is 5. The predicted octanol–water partition coefficient (Wildman–Crippen LogP) is 2.51. The zero-order valence-electron chi connectivity index (χ0n) is 14.9. The Bertz CT molecular complexity index is 967. The molecule has 1 aliphatic rings. The van der Waals surface area contributed by atoms with Crippen LogP contribution in [0, 0.1) is 5.92 Å². The summed E-state index contributed by atoms with van der Waals surface area (Å²) in [5.41, 5.74) is 4.13. The molecule has 1 heterocycles. The van der Waals surface area contributed by atoms with Crippen molar-refractivity contribution in [2.75, 3.05) is 18.6 Å². The number of rotatable bonds is 5. The van der Waals surface area contributed by atoms with E-state index in [1.807, 2.05) is 43.3 Å². The lowest BCUT2D eigenvalue weighted by Crippen LogP contribution is -2.22. The summed E-state index contributed by atoms with van der Waals surface area (Å²) >= 11 is 0. The van der Waals surface area contributed by atoms with Gasteiger partial charge in [-0.3, -0.25) is 4.79 Å². The Morgan fingerprint density at radius 1 is 1.23 bits per heavy atom. The Balaban J connectivity index is 1.65. The molecular formula is C19H22N2O4S. The van der Waals surface area contributed by atoms with Crippen LogP contribution in [-0.4, -0.2) is 38.7 Å². The smallest absolute Gasteiger partial charge is 0.240 e. The molecule has 1 saturated heterocycles. The molecule has 1 atom stereocenters. The quantitative estimate of drug-likeness (QED) is 0.644. The Morgan fingerprint density at radius 3 is 2.65 bits per heavy atom. The third-order valence-electron chi connectivity index (χ3n) is 4.61. The summed E-state index contributed by atoms with van der Waals surface area (Å²) in [6.45, 7) is 1.82. The average Bonchev–Trinajstić information content (AvgIpc) is 2.97. The van der Waals surface area contributed by atoms with Crippen molar-refractivity contribution in [3.8, 4) is 5.75 Å². The van der Waals surface area contributed by atoms with E-state index >= 15 is 0 Å². The number of carbonyl (C=O) groups is 1. The Kier molecular flexibility index (Phi) is 5.27. The molecular weight excluding hydrogens is 352 g/mol. The minimum Gasteiger partial charge on any atom is -0.497 e. The highest BCUT2D eigenvalue weighted by molar-refractivity contribution is 7.91. The van der Waals surface area contributed by atoms with Crippen LogP contribution in [0.5, 0.6) is 5.75 Å². The van der Waals surface area contributed by atoms with Crippen LogP contribution in [0.25, 0.3) is 10.8 Å². The van der Waals surface area contributed by atoms with Crippen LogP contribution in [0.15, 0.2) is 41.5 Å². The van der Waals surface area contributed by atoms with Gasteiger partial charge in [0.15, 0.2) is 9.84 Å². The van der Waals surface area contributed by atoms with E-state index in [-0.39, 0.29) is 29.8 Å². The van der Waals surface area contributed by atoms with E-state index in [0.717, 1.165) is 22.1 Å². The van der Waals surface area contributed by atoms with Crippen molar-refractivity contribution in [3.63, 3.8) is 0 Å². The van der Waals surface area contributed by atoms with Crippen LogP contribution < -0.4 is 10.2 Å². The number of sulfone groups is 1. The van der Waals surface area contributed by atoms with Gasteiger partial charge in [-0.1, -0.05) is 18.2 Å². The summed E-state index contributed by atoms with van der Waals surface area (Å²) in [6.07, 6.45) is 0.736. The zero-order valence-corrected chi connectivity index (χ0v) is 15.7. The summed E-state index contributed by atoms with van der Waals surface area (Å²) in [5, 5.41) is 6.27. The molecule has 1 aliphatic heterocycles. The third-order valence-corrected chi connectivity index (χ3v) is 6.45. The molecule has 2 aromatic carbocycles. The van der Waals surface area contributed by atoms with Gasteiger partial charge in [0.2, 0.25) is 5.91 Å². The van der Waals surface area contributed by atoms with Crippen molar-refractivity contribution in [2.45, 2.75) is 19.8 Å². The lowest BCUT2D eigenvalue weighted by Gasteiger charge is -2.08. The maximum Gasteiger partial charge on any atom is 0.240 e. The molecule has 0 radical (unpaired) electrons. The summed E-state index contributed by atoms with van der Waals surface area (Å²) < 4.78 is 28.1. The Morgan fingerprint density at radius 2 is 1.96 bits per heavy atom. The number of amides is 1. The maximum absolute atomic E-state index is 12.0. The van der Waals surface area contributed by atoms with E-state index in [0.29, 0.717) is 12.1 Å². The van der Waals surface area contributed by atoms with Crippen LogP contribution in [0.4, 0.5) is 0 Å². The summed E-state index contributed by atoms with van der Waals surface area (Å²) in [5.74, 6) is 0.715. The van der Waals surface area contributed by atoms with E-state index in [4.69, 9.17) is 4.74 Å². The van der Waals surface area contributed by atoms with E-state index in [1.54, 1.807) is 7.11 Å². The minimum atomic E-state index is -2.97. The van der Waals surface area contributed by atoms with Crippen molar-refractivity contribution in [1.82, 2.24) is 5.43 Å². The molecule has 1 amide bonds. The number of methoxy groups -OCH3 is 1. The van der Waals surface area contributed by atoms with Gasteiger partial charge >= 0.3 is 0 Å². The third kappa shape index (κ3) is 4.40. The van der Waals surface area contributed by atoms with Crippen LogP contribution >= 0.6 is 0 Å². The van der Waals surface area contributed by atoms with Gasteiger partial charge in [-0.15, -0.1) is 0 Å². The molecule has 1 N–H and O–H groups in total. The van der Waals surface area contributed by atoms with Crippen molar-refractivity contribution in [1.29, 1.82) is 0 Å². The molecule has 0 spiro atoms. The molecule has 6 nitrogen and oxygen atoms in total. The molecule has 3 rings (SSSR count). The molecule has 0 unspecified atom stereocenters. The standard InChI is InChI=1S/C19H22N2O4S/c1-13(20-21-19(22)9-14-7-8-26(23,24)12-14)15-3-4-17-11-18(25-2)6-5-16(17)10-15/h3-6,10-11,14H,7-9,12H2,1-2H3,(H,21,22)/b20-13-/t14-/m0/s1. The Labute approximate surface area is 153 Å². The highest BCUT2D eigenvalue weighted by Gasteiger charge is 2.29. The normalized spacial score (nSPS) is 19.5. The molecule has 0 aromatic heterocycles. The number of ether oxygens (including phenoxy) is 1. The first-order valence-corrected chi connectivity index (χ1v) is 10.3. The van der Waals surface area contributed by atoms with Crippen LogP contribution in [0.3, 0.4) is 0 Å². The van der Waals surface area contributed by atoms with Crippen molar-refractivity contribution in [3.05, 3.63) is 42.0 Å². The lowest BCUT2D eigenvalue weighted by atomic mass is 10.0. The van der Waals surface area contributed by atoms with Gasteiger partial charge in [0.25, 0.3) is 0 Å². The molecule has 1 fully saturated rings. The van der Waals surface area contributed by atoms with Gasteiger partial charge in [0.1, 0.15) is 5.75 Å². The van der Waals surface area contributed by atoms with Crippen molar-refractivity contribution < 1.29 is 17.9 Å². The highest BCUT2D eigenvalue weighted by atomic mass is 32.2. The summed E-state index contributed by atoms with van der Waals surface area (Å²) in [4.78, 5) is 12.0. The van der Waals surface area contributed by atoms with Crippen LogP contribution in [0.2, 0.25) is 0 Å². The van der Waals surface area contributed by atoms with Gasteiger partial charge in [-0.2, -0.15) is 5.10 Å². The van der Waals surface area contributed by atoms with E-state index in [1.165, 1.54) is 0 Å². The predicted molar refractivity (Wildman–Crippen MR) is 102 cm³/mol. The van der Waals surface area contributed by atoms with Crippen LogP contribution in [0.1, 0.15) is 25.3 Å². The second-order valence-corrected chi connectivity index (χ2v) is 8.86. The first-order valence-electron chi connectivity index (χ1n) is 8.48. The summed E-state index contributed by atoms with van der Waals surface area (Å²) in [7, 11) is -1.33. The van der Waals surface area contributed by atoms with Crippen molar-refractivity contribution in [2.24, 2.45) is 11.0 Å². The average molecular weight is 374 g/mol. The molecule has 138 valence electrons. The van der Waals surface area contributed by atoms with Gasteiger partial charge in [0, 0.05) is 6.42 Å². The van der Waals surface area contributed by atoms with Gasteiger partial charge < -0.3 is 4.74 Å². The Hall–Kier alpha value is -2.41. The van der Waals surface area contributed by atoms with Crippen molar-refractivity contribution >= 4 is 32.2 Å². The van der Waals surface area contributed by atoms with Gasteiger partial charge in [0.05, 0.1) is 24.3 Å². The minimum absolute atomic E-state index is 0.0945. The fourth-order valence-electron chi connectivity index (χ4n) is 3.13. The number of fused-ring (bicyclic) bond motifs is 1. The molecule has 0 saturated carbocycles. The monoisotopic (exact) mass is 374 g/mol. The van der Waals surface area contributed by atoms with E-state index in [9.17, 15) is 13.2 Å². The molecule has 0 aliphatic carbocycles. The molecule has 2 aromatic rings. The number of nitrogens with one attached hydrogen (secondary N) is 1. The number of carbonyl (C=O) groups excluding carboxylic acids is 1. The largest absolute Gasteiger partial charge is 0.497 e. The molecule has 0 bridgehead atoms. The van der Waals surface area contributed by atoms with Crippen LogP contribution in [-0.2, 0) is 14.6 Å². The number of nitrogens with zero attached hydrogens (tertiary/aromatic N) is 1. The first kappa shape index (κ1) is 18.4. The fraction of sp³-hybridized carbons (Fsp3) is 0.368. The summed E-state index contributed by atoms with van der Waals surface area (Å²) in [6, 6.07) is 11.8. The second kappa shape index (κ2) is 7.45. The zero-order chi connectivity index (χ0) is 18.7. The lowest BCUT2D eigenvalue weighted by molar-refractivity contribution is -0.121. The van der Waals surface area contributed by atoms with E-state index < -0.39 is 9.84 Å². The number of benzene rings is 2. The second-order valence-electron chi connectivity index (χ2n) is 6.63. The maximum atomic E-state index is 12.0. The topological polar surface area (TPSA) is 84.8 Å². The first-order chi connectivity index (χ1) is 12.4. The fourth-order valence-corrected chi connectivity index (χ4v) is 4.99. The van der Waals surface area contributed by atoms with Gasteiger partial charge in [-0.25, -0.2) is 13.8 Å². The SMILES string of the molecule is COc1ccc2cc(/C(C)=N\NC(=O)C[C@@H]3CCS(=O)(=O)C3)ccc2c1. The van der Waals surface area contributed by atoms with E-state index in [2.05, 4.69) is 10.5 Å². The highest BCUT2D eigenvalue weighted by Crippen LogP contribution is 2.23. The number of hydrazone groups is 1. The van der Waals surface area contributed by atoms with Gasteiger partial charge in [-0.05, 0) is 53.8 Å².